The number of ether oxygens (including phenoxy) is 1. The van der Waals surface area contributed by atoms with Gasteiger partial charge < -0.3 is 41.5 Å². The van der Waals surface area contributed by atoms with E-state index in [1.807, 2.05) is 0 Å². The van der Waals surface area contributed by atoms with Crippen molar-refractivity contribution >= 4 is 58.3 Å². The van der Waals surface area contributed by atoms with Gasteiger partial charge in [0.15, 0.2) is 11.6 Å². The largest absolute Gasteiger partial charge is 0.466 e. The molecule has 1 saturated heterocycles. The summed E-state index contributed by atoms with van der Waals surface area (Å²) < 4.78 is 20.5. The molecule has 0 aliphatic carbocycles. The Bertz CT molecular complexity index is 1650. The molecule has 0 saturated carbocycles. The van der Waals surface area contributed by atoms with Crippen LogP contribution in [0.2, 0.25) is 0 Å². The molecule has 2 aromatic carbocycles. The zero-order valence-corrected chi connectivity index (χ0v) is 23.7. The van der Waals surface area contributed by atoms with Gasteiger partial charge in [-0.05, 0) is 62.6 Å². The highest BCUT2D eigenvalue weighted by Crippen LogP contribution is 2.36. The number of hydrogen-bond acceptors (Lipinski definition) is 9. The number of anilines is 6. The molecule has 0 radical (unpaired) electrons. The Kier molecular flexibility index (Phi) is 7.59. The van der Waals surface area contributed by atoms with E-state index < -0.39 is 35.3 Å². The van der Waals surface area contributed by atoms with Gasteiger partial charge in [0.05, 0.1) is 11.9 Å². The van der Waals surface area contributed by atoms with Crippen LogP contribution in [0.25, 0.3) is 0 Å². The maximum atomic E-state index is 14.7. The van der Waals surface area contributed by atoms with E-state index in [1.54, 1.807) is 36.4 Å². The summed E-state index contributed by atoms with van der Waals surface area (Å²) >= 11 is 0. The van der Waals surface area contributed by atoms with E-state index in [1.165, 1.54) is 17.9 Å². The second-order valence-electron chi connectivity index (χ2n) is 10.7. The number of carbonyl (C=O) groups excluding carboxylic acids is 4. The van der Waals surface area contributed by atoms with Crippen molar-refractivity contribution in [2.75, 3.05) is 40.9 Å². The number of halogens is 1. The number of nitrogens with zero attached hydrogens (tertiary/aromatic N) is 3. The predicted molar refractivity (Wildman–Crippen MR) is 158 cm³/mol. The van der Waals surface area contributed by atoms with Crippen LogP contribution in [-0.4, -0.2) is 69.9 Å². The quantitative estimate of drug-likeness (QED) is 0.211. The molecule has 0 spiro atoms. The van der Waals surface area contributed by atoms with Gasteiger partial charge in [-0.1, -0.05) is 6.07 Å². The van der Waals surface area contributed by atoms with Crippen LogP contribution < -0.4 is 36.6 Å². The molecule has 228 valence electrons. The number of rotatable bonds is 0. The van der Waals surface area contributed by atoms with Crippen LogP contribution in [0.15, 0.2) is 48.7 Å². The van der Waals surface area contributed by atoms with Crippen molar-refractivity contribution < 1.29 is 28.3 Å². The van der Waals surface area contributed by atoms with Crippen molar-refractivity contribution in [1.82, 2.24) is 25.5 Å². The second-order valence-corrected chi connectivity index (χ2v) is 10.7. The lowest BCUT2D eigenvalue weighted by molar-refractivity contribution is -0.146. The van der Waals surface area contributed by atoms with E-state index in [2.05, 4.69) is 41.9 Å². The van der Waals surface area contributed by atoms with Gasteiger partial charge in [-0.25, -0.2) is 14.2 Å². The third kappa shape index (κ3) is 5.75. The normalized spacial score (nSPS) is 22.1. The molecule has 2 atom stereocenters. The number of hydrogen-bond donors (Lipinski definition) is 6. The van der Waals surface area contributed by atoms with Gasteiger partial charge in [0.25, 0.3) is 17.4 Å². The van der Waals surface area contributed by atoms with Crippen LogP contribution in [0.1, 0.15) is 26.2 Å². The lowest BCUT2D eigenvalue weighted by Crippen LogP contribution is -2.59. The van der Waals surface area contributed by atoms with Gasteiger partial charge in [-0.2, -0.15) is 4.98 Å². The number of urea groups is 1. The van der Waals surface area contributed by atoms with Crippen LogP contribution in [-0.2, 0) is 14.4 Å². The molecule has 1 aromatic heterocycles. The number of carbonyl (C=O) groups is 4. The number of amides is 5. The van der Waals surface area contributed by atoms with E-state index in [4.69, 9.17) is 4.74 Å². The van der Waals surface area contributed by atoms with Crippen molar-refractivity contribution in [2.45, 2.75) is 37.8 Å². The molecule has 15 heteroatoms. The molecule has 4 aliphatic rings. The first kappa shape index (κ1) is 28.6. The molecule has 5 heterocycles. The highest BCUT2D eigenvalue weighted by Gasteiger charge is 2.47. The highest BCUT2D eigenvalue weighted by molar-refractivity contribution is 6.15. The van der Waals surface area contributed by atoms with E-state index in [0.29, 0.717) is 42.9 Å². The summed E-state index contributed by atoms with van der Waals surface area (Å²) in [7, 11) is 0. The Balaban J connectivity index is 1.29. The minimum atomic E-state index is -1.84. The molecule has 2 unspecified atom stereocenters. The first-order valence-electron chi connectivity index (χ1n) is 14.1. The summed E-state index contributed by atoms with van der Waals surface area (Å²) in [5.74, 6) is -2.15. The van der Waals surface area contributed by atoms with Gasteiger partial charge in [-0.15, -0.1) is 0 Å². The maximum absolute atomic E-state index is 14.7. The molecule has 5 amide bonds. The molecule has 14 nitrogen and oxygen atoms in total. The van der Waals surface area contributed by atoms with Crippen LogP contribution in [0.3, 0.4) is 0 Å². The molecular weight excluding hydrogens is 573 g/mol. The zero-order chi connectivity index (χ0) is 30.8. The topological polar surface area (TPSA) is 179 Å². The van der Waals surface area contributed by atoms with Crippen LogP contribution in [0, 0.1) is 5.82 Å². The lowest BCUT2D eigenvalue weighted by Gasteiger charge is -2.33. The standard InChI is InChI=1S/C29H30FN9O5/c1-29-25(41)32-11-4-10-31-24(40)21-7-3-12-39(21)28(43)36-17-6-2-5-16(13-17)35-27-33-15-19(30)23(38-27)34-18-8-9-22(44-29)20(14-18)37-26(29)42/h2,5-6,8-9,13-15,21H,3-4,7,10-12H2,1H3,(H,31,40)(H,32,41)(H,36,43)(H,37,42)(H2,33,34,35,38). The minimum Gasteiger partial charge on any atom is -0.466 e. The van der Waals surface area contributed by atoms with E-state index in [-0.39, 0.29) is 42.2 Å². The highest BCUT2D eigenvalue weighted by atomic mass is 19.1. The van der Waals surface area contributed by atoms with E-state index in [0.717, 1.165) is 6.20 Å². The second kappa shape index (κ2) is 11.7. The molecular formula is C29H30FN9O5. The van der Waals surface area contributed by atoms with Crippen molar-refractivity contribution in [1.29, 1.82) is 0 Å². The van der Waals surface area contributed by atoms with Crippen LogP contribution >= 0.6 is 0 Å². The Hall–Kier alpha value is -5.47. The van der Waals surface area contributed by atoms with Gasteiger partial charge in [-0.3, -0.25) is 14.4 Å². The molecule has 3 aromatic rings. The van der Waals surface area contributed by atoms with Crippen LogP contribution in [0.4, 0.5) is 43.7 Å². The Morgan fingerprint density at radius 2 is 1.68 bits per heavy atom. The zero-order valence-electron chi connectivity index (χ0n) is 23.7. The third-order valence-corrected chi connectivity index (χ3v) is 7.54. The Labute approximate surface area is 251 Å². The van der Waals surface area contributed by atoms with Gasteiger partial charge >= 0.3 is 6.03 Å². The average molecular weight is 604 g/mol. The van der Waals surface area contributed by atoms with Crippen LogP contribution in [0.5, 0.6) is 5.75 Å². The first-order chi connectivity index (χ1) is 21.2. The number of aromatic nitrogens is 2. The number of fused-ring (bicyclic) bond motifs is 9. The van der Waals surface area contributed by atoms with Crippen molar-refractivity contribution in [3.05, 3.63) is 54.5 Å². The van der Waals surface area contributed by atoms with Crippen molar-refractivity contribution in [3.63, 3.8) is 0 Å². The summed E-state index contributed by atoms with van der Waals surface area (Å²) in [6.07, 6.45) is 2.58. The smallest absolute Gasteiger partial charge is 0.322 e. The molecule has 44 heavy (non-hydrogen) atoms. The predicted octanol–water partition coefficient (Wildman–Crippen LogP) is 2.82. The summed E-state index contributed by atoms with van der Waals surface area (Å²) in [6.45, 7) is 2.21. The fourth-order valence-corrected chi connectivity index (χ4v) is 5.17. The summed E-state index contributed by atoms with van der Waals surface area (Å²) in [4.78, 5) is 61.7. The van der Waals surface area contributed by atoms with Crippen molar-refractivity contribution in [3.8, 4) is 5.75 Å². The van der Waals surface area contributed by atoms with Gasteiger partial charge in [0.1, 0.15) is 11.8 Å². The average Bonchev–Trinajstić information content (AvgIpc) is 3.50. The number of nitrogens with one attached hydrogen (secondary N) is 6. The van der Waals surface area contributed by atoms with E-state index >= 15 is 0 Å². The third-order valence-electron chi connectivity index (χ3n) is 7.54. The fourth-order valence-electron chi connectivity index (χ4n) is 5.17. The fraction of sp³-hybridized carbons (Fsp3) is 0.310. The lowest BCUT2D eigenvalue weighted by atomic mass is 10.0. The minimum absolute atomic E-state index is 0.0792. The van der Waals surface area contributed by atoms with Gasteiger partial charge in [0, 0.05) is 36.7 Å². The Morgan fingerprint density at radius 3 is 2.52 bits per heavy atom. The molecule has 4 aliphatic heterocycles. The summed E-state index contributed by atoms with van der Waals surface area (Å²) in [5.41, 5.74) is -0.165. The van der Waals surface area contributed by atoms with Gasteiger partial charge in [0.2, 0.25) is 11.9 Å². The monoisotopic (exact) mass is 603 g/mol. The molecule has 6 N–H and O–H groups in total. The first-order valence-corrected chi connectivity index (χ1v) is 14.1. The Morgan fingerprint density at radius 1 is 0.909 bits per heavy atom. The molecule has 8 bridgehead atoms. The molecule has 1 fully saturated rings. The SMILES string of the molecule is CC12Oc3ccc(cc3NC1=O)Nc1nc(ncc1F)Nc1cccc(c1)NC(=O)N1CCCC1C(=O)NCCCNC2=O. The van der Waals surface area contributed by atoms with Crippen molar-refractivity contribution in [2.24, 2.45) is 0 Å². The van der Waals surface area contributed by atoms with E-state index in [9.17, 15) is 23.6 Å². The summed E-state index contributed by atoms with van der Waals surface area (Å²) in [6, 6.07) is 10.4. The molecule has 7 rings (SSSR count). The maximum Gasteiger partial charge on any atom is 0.322 e. The summed E-state index contributed by atoms with van der Waals surface area (Å²) in [5, 5.41) is 16.9. The number of benzene rings is 2.